The summed E-state index contributed by atoms with van der Waals surface area (Å²) in [5, 5.41) is 0. The number of ketones is 1. The summed E-state index contributed by atoms with van der Waals surface area (Å²) in [5.74, 6) is 0.606. The molecule has 11 heavy (non-hydrogen) atoms. The Bertz CT molecular complexity index is 247. The van der Waals surface area contributed by atoms with Crippen molar-refractivity contribution in [3.05, 3.63) is 24.0 Å². The van der Waals surface area contributed by atoms with Gasteiger partial charge in [0.05, 0.1) is 5.69 Å². The predicted molar refractivity (Wildman–Crippen MR) is 42.5 cm³/mol. The Kier molecular flexibility index (Phi) is 1.53. The fraction of sp³-hybridized carbons (Fsp3) is 0.444. The molecule has 2 rings (SSSR count). The lowest BCUT2D eigenvalue weighted by atomic mass is 9.81. The number of aromatic amines is 1. The molecular formula is C9H11NO. The third-order valence-electron chi connectivity index (χ3n) is 2.34. The van der Waals surface area contributed by atoms with Gasteiger partial charge < -0.3 is 4.98 Å². The molecule has 0 spiro atoms. The first-order valence-corrected chi connectivity index (χ1v) is 4.05. The van der Waals surface area contributed by atoms with Crippen molar-refractivity contribution in [3.63, 3.8) is 0 Å². The highest BCUT2D eigenvalue weighted by Crippen LogP contribution is 2.29. The molecule has 0 amide bonds. The summed E-state index contributed by atoms with van der Waals surface area (Å²) in [6.07, 6.45) is 5.18. The lowest BCUT2D eigenvalue weighted by Crippen LogP contribution is -2.22. The zero-order valence-corrected chi connectivity index (χ0v) is 6.34. The van der Waals surface area contributed by atoms with Crippen molar-refractivity contribution in [2.24, 2.45) is 5.92 Å². The Labute approximate surface area is 65.6 Å². The highest BCUT2D eigenvalue weighted by Gasteiger charge is 2.26. The number of carbonyl (C=O) groups is 1. The number of nitrogens with one attached hydrogen (secondary N) is 1. The van der Waals surface area contributed by atoms with Crippen molar-refractivity contribution in [1.29, 1.82) is 0 Å². The molecule has 1 saturated carbocycles. The normalized spacial score (nSPS) is 17.8. The van der Waals surface area contributed by atoms with Crippen molar-refractivity contribution in [2.45, 2.75) is 19.3 Å². The number of hydrogen-bond acceptors (Lipinski definition) is 1. The predicted octanol–water partition coefficient (Wildman–Crippen LogP) is 2.00. The standard InChI is InChI=1S/C9H11NO/c11-9(7-3-1-4-7)8-5-2-6-10-8/h2,5-7,10H,1,3-4H2. The van der Waals surface area contributed by atoms with Crippen LogP contribution in [0.3, 0.4) is 0 Å². The van der Waals surface area contributed by atoms with Gasteiger partial charge in [0.1, 0.15) is 0 Å². The van der Waals surface area contributed by atoms with Gasteiger partial charge in [0.2, 0.25) is 0 Å². The first-order chi connectivity index (χ1) is 5.38. The smallest absolute Gasteiger partial charge is 0.182 e. The van der Waals surface area contributed by atoms with E-state index >= 15 is 0 Å². The van der Waals surface area contributed by atoms with Crippen LogP contribution in [-0.4, -0.2) is 10.8 Å². The second-order valence-corrected chi connectivity index (χ2v) is 3.08. The molecule has 1 heterocycles. The number of hydrogen-bond donors (Lipinski definition) is 1. The fourth-order valence-electron chi connectivity index (χ4n) is 1.37. The molecule has 0 aromatic carbocycles. The fourth-order valence-corrected chi connectivity index (χ4v) is 1.37. The summed E-state index contributed by atoms with van der Waals surface area (Å²) in [7, 11) is 0. The second kappa shape index (κ2) is 2.53. The number of Topliss-reactive ketones (excluding diaryl/α,β-unsaturated/α-hetero) is 1. The van der Waals surface area contributed by atoms with Gasteiger partial charge in [0.25, 0.3) is 0 Å². The van der Waals surface area contributed by atoms with Crippen LogP contribution in [0.2, 0.25) is 0 Å². The molecule has 0 radical (unpaired) electrons. The summed E-state index contributed by atoms with van der Waals surface area (Å²) in [6, 6.07) is 3.71. The van der Waals surface area contributed by atoms with E-state index in [1.54, 1.807) is 6.20 Å². The van der Waals surface area contributed by atoms with E-state index in [9.17, 15) is 4.79 Å². The van der Waals surface area contributed by atoms with Gasteiger partial charge in [-0.05, 0) is 25.0 Å². The van der Waals surface area contributed by atoms with Crippen LogP contribution in [0.1, 0.15) is 29.8 Å². The molecule has 1 aromatic rings. The van der Waals surface area contributed by atoms with Gasteiger partial charge in [-0.1, -0.05) is 6.42 Å². The Morgan fingerprint density at radius 3 is 2.82 bits per heavy atom. The molecule has 58 valence electrons. The average molecular weight is 149 g/mol. The minimum atomic E-state index is 0.293. The molecule has 0 aliphatic heterocycles. The Balaban J connectivity index is 2.10. The van der Waals surface area contributed by atoms with Gasteiger partial charge in [0.15, 0.2) is 5.78 Å². The summed E-state index contributed by atoms with van der Waals surface area (Å²) in [5.41, 5.74) is 0.773. The molecule has 0 saturated heterocycles. The van der Waals surface area contributed by atoms with Crippen LogP contribution in [-0.2, 0) is 0 Å². The van der Waals surface area contributed by atoms with E-state index in [0.29, 0.717) is 11.7 Å². The maximum atomic E-state index is 11.5. The monoisotopic (exact) mass is 149 g/mol. The molecular weight excluding hydrogens is 138 g/mol. The summed E-state index contributed by atoms with van der Waals surface area (Å²) in [4.78, 5) is 14.4. The molecule has 0 unspecified atom stereocenters. The van der Waals surface area contributed by atoms with Crippen molar-refractivity contribution in [3.8, 4) is 0 Å². The molecule has 1 aromatic heterocycles. The molecule has 0 atom stereocenters. The Morgan fingerprint density at radius 2 is 2.36 bits per heavy atom. The minimum Gasteiger partial charge on any atom is -0.359 e. The molecule has 2 nitrogen and oxygen atoms in total. The third kappa shape index (κ3) is 1.09. The van der Waals surface area contributed by atoms with Crippen LogP contribution in [0.15, 0.2) is 18.3 Å². The SMILES string of the molecule is O=C(c1ccc[nH]1)C1CCC1. The Hall–Kier alpha value is -1.05. The number of carbonyl (C=O) groups excluding carboxylic acids is 1. The van der Waals surface area contributed by atoms with Gasteiger partial charge in [-0.15, -0.1) is 0 Å². The van der Waals surface area contributed by atoms with Gasteiger partial charge in [-0.3, -0.25) is 4.79 Å². The van der Waals surface area contributed by atoms with Crippen molar-refractivity contribution >= 4 is 5.78 Å². The van der Waals surface area contributed by atoms with Crippen LogP contribution >= 0.6 is 0 Å². The Morgan fingerprint density at radius 1 is 1.55 bits per heavy atom. The number of H-pyrrole nitrogens is 1. The largest absolute Gasteiger partial charge is 0.359 e. The average Bonchev–Trinajstić information content (AvgIpc) is 2.32. The first-order valence-electron chi connectivity index (χ1n) is 4.05. The number of rotatable bonds is 2. The van der Waals surface area contributed by atoms with Crippen molar-refractivity contribution < 1.29 is 4.79 Å². The molecule has 1 aliphatic rings. The second-order valence-electron chi connectivity index (χ2n) is 3.08. The van der Waals surface area contributed by atoms with E-state index < -0.39 is 0 Å². The van der Waals surface area contributed by atoms with Crippen molar-refractivity contribution in [2.75, 3.05) is 0 Å². The van der Waals surface area contributed by atoms with E-state index in [1.165, 1.54) is 6.42 Å². The third-order valence-corrected chi connectivity index (χ3v) is 2.34. The highest BCUT2D eigenvalue weighted by atomic mass is 16.1. The first kappa shape index (κ1) is 6.65. The van der Waals surface area contributed by atoms with Crippen molar-refractivity contribution in [1.82, 2.24) is 4.98 Å². The number of aromatic nitrogens is 1. The van der Waals surface area contributed by atoms with Crippen LogP contribution in [0.4, 0.5) is 0 Å². The molecule has 0 bridgehead atoms. The van der Waals surface area contributed by atoms with E-state index in [2.05, 4.69) is 4.98 Å². The van der Waals surface area contributed by atoms with Crippen LogP contribution in [0, 0.1) is 5.92 Å². The minimum absolute atomic E-state index is 0.293. The summed E-state index contributed by atoms with van der Waals surface area (Å²) >= 11 is 0. The zero-order chi connectivity index (χ0) is 7.68. The van der Waals surface area contributed by atoms with Gasteiger partial charge in [0, 0.05) is 12.1 Å². The molecule has 1 fully saturated rings. The molecule has 1 N–H and O–H groups in total. The lowest BCUT2D eigenvalue weighted by Gasteiger charge is -2.22. The lowest BCUT2D eigenvalue weighted by molar-refractivity contribution is 0.0850. The van der Waals surface area contributed by atoms with Gasteiger partial charge >= 0.3 is 0 Å². The van der Waals surface area contributed by atoms with E-state index in [0.717, 1.165) is 18.5 Å². The van der Waals surface area contributed by atoms with E-state index in [1.807, 2.05) is 12.1 Å². The maximum Gasteiger partial charge on any atom is 0.182 e. The quantitative estimate of drug-likeness (QED) is 0.641. The molecule has 1 aliphatic carbocycles. The van der Waals surface area contributed by atoms with Crippen LogP contribution in [0.25, 0.3) is 0 Å². The highest BCUT2D eigenvalue weighted by molar-refractivity contribution is 5.96. The van der Waals surface area contributed by atoms with Crippen LogP contribution in [0.5, 0.6) is 0 Å². The van der Waals surface area contributed by atoms with E-state index in [-0.39, 0.29) is 0 Å². The van der Waals surface area contributed by atoms with Gasteiger partial charge in [-0.25, -0.2) is 0 Å². The molecule has 2 heteroatoms. The van der Waals surface area contributed by atoms with Crippen LogP contribution < -0.4 is 0 Å². The summed E-state index contributed by atoms with van der Waals surface area (Å²) < 4.78 is 0. The van der Waals surface area contributed by atoms with E-state index in [4.69, 9.17) is 0 Å². The topological polar surface area (TPSA) is 32.9 Å². The van der Waals surface area contributed by atoms with Gasteiger partial charge in [-0.2, -0.15) is 0 Å². The zero-order valence-electron chi connectivity index (χ0n) is 6.34. The summed E-state index contributed by atoms with van der Waals surface area (Å²) in [6.45, 7) is 0. The maximum absolute atomic E-state index is 11.5.